The minimum Gasteiger partial charge on any atom is -0.494 e. The van der Waals surface area contributed by atoms with Gasteiger partial charge in [0.05, 0.1) is 12.3 Å². The van der Waals surface area contributed by atoms with Gasteiger partial charge in [-0.1, -0.05) is 18.2 Å². The largest absolute Gasteiger partial charge is 0.494 e. The van der Waals surface area contributed by atoms with Crippen molar-refractivity contribution in [3.05, 3.63) is 54.6 Å². The molecule has 0 saturated heterocycles. The molecule has 2 N–H and O–H groups in total. The summed E-state index contributed by atoms with van der Waals surface area (Å²) in [5.41, 5.74) is 4.05. The Morgan fingerprint density at radius 2 is 1.88 bits per heavy atom. The molecular formula is C19H20N4O3. The summed E-state index contributed by atoms with van der Waals surface area (Å²) in [5, 5.41) is 4.10. The van der Waals surface area contributed by atoms with Gasteiger partial charge in [0.2, 0.25) is 5.84 Å². The van der Waals surface area contributed by atoms with Gasteiger partial charge in [-0.3, -0.25) is 15.0 Å². The maximum atomic E-state index is 12.5. The summed E-state index contributed by atoms with van der Waals surface area (Å²) < 4.78 is 5.38. The molecule has 0 fully saturated rings. The number of hydrazine groups is 1. The van der Waals surface area contributed by atoms with Crippen molar-refractivity contribution >= 4 is 29.0 Å². The first-order chi connectivity index (χ1) is 12.6. The van der Waals surface area contributed by atoms with Crippen LogP contribution in [0.5, 0.6) is 5.75 Å². The van der Waals surface area contributed by atoms with Gasteiger partial charge in [0, 0.05) is 5.69 Å². The van der Waals surface area contributed by atoms with E-state index in [-0.39, 0.29) is 11.7 Å². The third kappa shape index (κ3) is 3.83. The van der Waals surface area contributed by atoms with Crippen molar-refractivity contribution in [3.8, 4) is 5.75 Å². The van der Waals surface area contributed by atoms with Gasteiger partial charge in [0.25, 0.3) is 11.8 Å². The molecule has 134 valence electrons. The monoisotopic (exact) mass is 352 g/mol. The number of hydrogen-bond donors (Lipinski definition) is 2. The van der Waals surface area contributed by atoms with Crippen LogP contribution in [0.25, 0.3) is 0 Å². The Labute approximate surface area is 151 Å². The number of anilines is 2. The van der Waals surface area contributed by atoms with Gasteiger partial charge in [0.1, 0.15) is 11.8 Å². The van der Waals surface area contributed by atoms with Crippen molar-refractivity contribution < 1.29 is 14.3 Å². The maximum Gasteiger partial charge on any atom is 0.292 e. The smallest absolute Gasteiger partial charge is 0.292 e. The van der Waals surface area contributed by atoms with E-state index in [0.717, 1.165) is 5.75 Å². The number of hydrogen-bond acceptors (Lipinski definition) is 5. The van der Waals surface area contributed by atoms with E-state index in [1.165, 1.54) is 5.01 Å². The Hall–Kier alpha value is -3.35. The molecule has 2 aromatic carbocycles. The molecule has 3 rings (SSSR count). The first-order valence-corrected chi connectivity index (χ1v) is 8.36. The van der Waals surface area contributed by atoms with Gasteiger partial charge in [-0.05, 0) is 50.2 Å². The van der Waals surface area contributed by atoms with E-state index in [9.17, 15) is 9.59 Å². The zero-order valence-electron chi connectivity index (χ0n) is 14.6. The number of ether oxygens (including phenoxy) is 1. The quantitative estimate of drug-likeness (QED) is 0.865. The number of rotatable bonds is 5. The van der Waals surface area contributed by atoms with Crippen LogP contribution in [0.2, 0.25) is 0 Å². The normalized spacial score (nSPS) is 16.5. The molecule has 2 aromatic rings. The standard InChI is InChI=1S/C19H20N4O3/c1-3-26-16-11-9-14(10-12-16)21-18(24)17-20-13(2)19(25)23(22-17)15-7-5-4-6-8-15/h4-13H,3H2,1-2H3,(H,20,22)(H,21,24). The molecule has 0 saturated carbocycles. The maximum absolute atomic E-state index is 12.5. The summed E-state index contributed by atoms with van der Waals surface area (Å²) in [5.74, 6) is 0.159. The van der Waals surface area contributed by atoms with Crippen LogP contribution in [0.4, 0.5) is 11.4 Å². The van der Waals surface area contributed by atoms with E-state index >= 15 is 0 Å². The first-order valence-electron chi connectivity index (χ1n) is 8.36. The van der Waals surface area contributed by atoms with Gasteiger partial charge < -0.3 is 10.1 Å². The highest BCUT2D eigenvalue weighted by atomic mass is 16.5. The van der Waals surface area contributed by atoms with Gasteiger partial charge in [0.15, 0.2) is 0 Å². The Bertz CT molecular complexity index is 818. The topological polar surface area (TPSA) is 83.0 Å². The van der Waals surface area contributed by atoms with Crippen LogP contribution in [0.3, 0.4) is 0 Å². The fraction of sp³-hybridized carbons (Fsp3) is 0.211. The van der Waals surface area contributed by atoms with Crippen LogP contribution in [-0.4, -0.2) is 30.3 Å². The van der Waals surface area contributed by atoms with Crippen LogP contribution >= 0.6 is 0 Å². The molecule has 0 spiro atoms. The molecule has 1 unspecified atom stereocenters. The average molecular weight is 352 g/mol. The number of nitrogens with zero attached hydrogens (tertiary/aromatic N) is 2. The lowest BCUT2D eigenvalue weighted by Crippen LogP contribution is -2.57. The highest BCUT2D eigenvalue weighted by Crippen LogP contribution is 2.18. The highest BCUT2D eigenvalue weighted by Gasteiger charge is 2.30. The van der Waals surface area contributed by atoms with E-state index in [0.29, 0.717) is 18.0 Å². The summed E-state index contributed by atoms with van der Waals surface area (Å²) in [6.07, 6.45) is 0. The molecule has 2 amide bonds. The second-order valence-corrected chi connectivity index (χ2v) is 5.69. The molecule has 0 radical (unpaired) electrons. The minimum atomic E-state index is -0.655. The number of amides is 2. The van der Waals surface area contributed by atoms with E-state index in [1.54, 1.807) is 43.3 Å². The van der Waals surface area contributed by atoms with Gasteiger partial charge in [-0.2, -0.15) is 0 Å². The Balaban J connectivity index is 1.74. The SMILES string of the molecule is CCOc1ccc(NC(=O)C2=NC(C)C(=O)N(c3ccccc3)N2)cc1. The van der Waals surface area contributed by atoms with Crippen molar-refractivity contribution in [3.63, 3.8) is 0 Å². The number of aliphatic imine (C=N–C) groups is 1. The van der Waals surface area contributed by atoms with Crippen molar-refractivity contribution in [1.82, 2.24) is 5.43 Å². The van der Waals surface area contributed by atoms with Crippen LogP contribution < -0.4 is 20.5 Å². The fourth-order valence-corrected chi connectivity index (χ4v) is 2.50. The number of nitrogens with one attached hydrogen (secondary N) is 2. The predicted octanol–water partition coefficient (Wildman–Crippen LogP) is 2.36. The number of benzene rings is 2. The summed E-state index contributed by atoms with van der Waals surface area (Å²) in [6, 6.07) is 15.4. The zero-order valence-corrected chi connectivity index (χ0v) is 14.6. The van der Waals surface area contributed by atoms with Crippen molar-refractivity contribution in [1.29, 1.82) is 0 Å². The summed E-state index contributed by atoms with van der Waals surface area (Å²) in [4.78, 5) is 29.1. The van der Waals surface area contributed by atoms with Crippen molar-refractivity contribution in [2.45, 2.75) is 19.9 Å². The molecule has 0 bridgehead atoms. The highest BCUT2D eigenvalue weighted by molar-refractivity contribution is 6.43. The molecule has 1 aliphatic heterocycles. The van der Waals surface area contributed by atoms with Crippen molar-refractivity contribution in [2.75, 3.05) is 16.9 Å². The van der Waals surface area contributed by atoms with Gasteiger partial charge >= 0.3 is 0 Å². The van der Waals surface area contributed by atoms with Crippen LogP contribution in [0.1, 0.15) is 13.8 Å². The van der Waals surface area contributed by atoms with Crippen molar-refractivity contribution in [2.24, 2.45) is 4.99 Å². The second-order valence-electron chi connectivity index (χ2n) is 5.69. The number of para-hydroxylation sites is 1. The average Bonchev–Trinajstić information content (AvgIpc) is 2.66. The van der Waals surface area contributed by atoms with Gasteiger partial charge in [-0.15, -0.1) is 0 Å². The molecule has 1 aliphatic rings. The summed E-state index contributed by atoms with van der Waals surface area (Å²) in [6.45, 7) is 4.14. The number of amidine groups is 1. The minimum absolute atomic E-state index is 0.0786. The Morgan fingerprint density at radius 3 is 2.54 bits per heavy atom. The van der Waals surface area contributed by atoms with E-state index in [1.807, 2.05) is 25.1 Å². The lowest BCUT2D eigenvalue weighted by atomic mass is 10.2. The lowest BCUT2D eigenvalue weighted by Gasteiger charge is -2.30. The van der Waals surface area contributed by atoms with E-state index in [2.05, 4.69) is 15.7 Å². The number of carbonyl (C=O) groups is 2. The predicted molar refractivity (Wildman–Crippen MR) is 100 cm³/mol. The third-order valence-electron chi connectivity index (χ3n) is 3.77. The molecule has 7 nitrogen and oxygen atoms in total. The molecule has 1 heterocycles. The lowest BCUT2D eigenvalue weighted by molar-refractivity contribution is -0.120. The molecule has 1 atom stereocenters. The van der Waals surface area contributed by atoms with Crippen LogP contribution in [-0.2, 0) is 9.59 Å². The summed E-state index contributed by atoms with van der Waals surface area (Å²) >= 11 is 0. The molecule has 26 heavy (non-hydrogen) atoms. The van der Waals surface area contributed by atoms with E-state index in [4.69, 9.17) is 4.74 Å². The second kappa shape index (κ2) is 7.69. The molecular weight excluding hydrogens is 332 g/mol. The van der Waals surface area contributed by atoms with Crippen LogP contribution in [0, 0.1) is 0 Å². The fourth-order valence-electron chi connectivity index (χ4n) is 2.50. The third-order valence-corrected chi connectivity index (χ3v) is 3.77. The Kier molecular flexibility index (Phi) is 5.17. The summed E-state index contributed by atoms with van der Waals surface area (Å²) in [7, 11) is 0. The Morgan fingerprint density at radius 1 is 1.19 bits per heavy atom. The van der Waals surface area contributed by atoms with E-state index < -0.39 is 11.9 Å². The van der Waals surface area contributed by atoms with Crippen LogP contribution in [0.15, 0.2) is 59.6 Å². The zero-order chi connectivity index (χ0) is 18.5. The van der Waals surface area contributed by atoms with Gasteiger partial charge in [-0.25, -0.2) is 10.0 Å². The number of carbonyl (C=O) groups excluding carboxylic acids is 2. The first kappa shape index (κ1) is 17.5. The molecule has 0 aromatic heterocycles. The molecule has 0 aliphatic carbocycles. The molecule has 7 heteroatoms.